The van der Waals surface area contributed by atoms with E-state index in [9.17, 15) is 4.79 Å². The summed E-state index contributed by atoms with van der Waals surface area (Å²) in [4.78, 5) is 16.3. The fourth-order valence-electron chi connectivity index (χ4n) is 2.75. The van der Waals surface area contributed by atoms with Gasteiger partial charge < -0.3 is 14.6 Å². The predicted molar refractivity (Wildman–Crippen MR) is 97.0 cm³/mol. The van der Waals surface area contributed by atoms with Crippen LogP contribution in [0.5, 0.6) is 0 Å². The van der Waals surface area contributed by atoms with Gasteiger partial charge in [0.2, 0.25) is 5.91 Å². The molecule has 0 radical (unpaired) electrons. The van der Waals surface area contributed by atoms with Gasteiger partial charge >= 0.3 is 0 Å². The maximum absolute atomic E-state index is 11.5. The lowest BCUT2D eigenvalue weighted by atomic mass is 10.1. The number of unbranched alkanes of at least 4 members (excludes halogenated alkanes) is 2. The normalized spacial score (nSPS) is 11.3. The number of carbonyl (C=O) groups is 1. The lowest BCUT2D eigenvalue weighted by molar-refractivity contribution is -0.123. The Kier molecular flexibility index (Phi) is 7.25. The van der Waals surface area contributed by atoms with Gasteiger partial charge in [-0.2, -0.15) is 0 Å². The molecular formula is C19H29N3O2. The van der Waals surface area contributed by atoms with Crippen LogP contribution in [0.3, 0.4) is 0 Å². The van der Waals surface area contributed by atoms with Crippen molar-refractivity contribution in [3.63, 3.8) is 0 Å². The summed E-state index contributed by atoms with van der Waals surface area (Å²) in [6.07, 6.45) is 4.13. The summed E-state index contributed by atoms with van der Waals surface area (Å²) >= 11 is 0. The average molecular weight is 331 g/mol. The zero-order valence-corrected chi connectivity index (χ0v) is 15.0. The van der Waals surface area contributed by atoms with Crippen LogP contribution < -0.4 is 5.32 Å². The maximum Gasteiger partial charge on any atom is 0.222 e. The smallest absolute Gasteiger partial charge is 0.222 e. The van der Waals surface area contributed by atoms with Crippen molar-refractivity contribution in [2.45, 2.75) is 46.1 Å². The first-order chi connectivity index (χ1) is 11.6. The van der Waals surface area contributed by atoms with Gasteiger partial charge in [0.15, 0.2) is 0 Å². The molecule has 1 heterocycles. The van der Waals surface area contributed by atoms with E-state index in [1.807, 2.05) is 19.9 Å². The van der Waals surface area contributed by atoms with E-state index in [2.05, 4.69) is 28.1 Å². The Morgan fingerprint density at radius 2 is 2.04 bits per heavy atom. The van der Waals surface area contributed by atoms with Crippen molar-refractivity contribution in [2.75, 3.05) is 20.3 Å². The van der Waals surface area contributed by atoms with Gasteiger partial charge in [-0.3, -0.25) is 4.79 Å². The molecule has 5 nitrogen and oxygen atoms in total. The first-order valence-corrected chi connectivity index (χ1v) is 8.84. The number of hydrogen-bond donors (Lipinski definition) is 1. The topological polar surface area (TPSA) is 56.1 Å². The Morgan fingerprint density at radius 3 is 2.79 bits per heavy atom. The van der Waals surface area contributed by atoms with Crippen molar-refractivity contribution in [3.05, 3.63) is 30.1 Å². The second-order valence-electron chi connectivity index (χ2n) is 6.42. The number of rotatable bonds is 10. The number of carbonyl (C=O) groups excluding carboxylic acids is 1. The van der Waals surface area contributed by atoms with Crippen molar-refractivity contribution in [2.24, 2.45) is 5.92 Å². The van der Waals surface area contributed by atoms with E-state index in [1.165, 1.54) is 5.52 Å². The number of amides is 1. The van der Waals surface area contributed by atoms with E-state index in [4.69, 9.17) is 9.72 Å². The Bertz CT molecular complexity index is 649. The van der Waals surface area contributed by atoms with E-state index < -0.39 is 0 Å². The minimum absolute atomic E-state index is 0.0608. The molecule has 2 aromatic rings. The molecule has 0 atom stereocenters. The molecule has 0 spiro atoms. The molecule has 132 valence electrons. The second kappa shape index (κ2) is 9.42. The first-order valence-electron chi connectivity index (χ1n) is 8.84. The van der Waals surface area contributed by atoms with Crippen molar-refractivity contribution in [1.29, 1.82) is 0 Å². The van der Waals surface area contributed by atoms with E-state index in [-0.39, 0.29) is 11.8 Å². The second-order valence-corrected chi connectivity index (χ2v) is 6.42. The van der Waals surface area contributed by atoms with Crippen LogP contribution in [0.15, 0.2) is 24.3 Å². The molecule has 0 aliphatic rings. The first kappa shape index (κ1) is 18.5. The number of fused-ring (bicyclic) bond motifs is 1. The summed E-state index contributed by atoms with van der Waals surface area (Å²) < 4.78 is 7.49. The van der Waals surface area contributed by atoms with Crippen LogP contribution in [0.4, 0.5) is 0 Å². The number of aryl methyl sites for hydroxylation is 1. The average Bonchev–Trinajstić information content (AvgIpc) is 2.93. The third kappa shape index (κ3) is 5.06. The molecule has 0 aliphatic carbocycles. The molecule has 24 heavy (non-hydrogen) atoms. The van der Waals surface area contributed by atoms with Crippen molar-refractivity contribution in [1.82, 2.24) is 14.9 Å². The van der Waals surface area contributed by atoms with Gasteiger partial charge in [-0.15, -0.1) is 0 Å². The standard InChI is InChI=1S/C19H29N3O2/c1-15(2)19(23)20-12-8-4-5-11-18-21-16-9-6-7-10-17(16)22(18)13-14-24-3/h6-7,9-10,15H,4-5,8,11-14H2,1-3H3,(H,20,23). The Morgan fingerprint density at radius 1 is 1.25 bits per heavy atom. The summed E-state index contributed by atoms with van der Waals surface area (Å²) in [5.74, 6) is 1.32. The van der Waals surface area contributed by atoms with Crippen molar-refractivity contribution >= 4 is 16.9 Å². The van der Waals surface area contributed by atoms with Crippen LogP contribution in [0, 0.1) is 5.92 Å². The number of hydrogen-bond acceptors (Lipinski definition) is 3. The number of benzene rings is 1. The van der Waals surface area contributed by atoms with Crippen LogP contribution in [0.25, 0.3) is 11.0 Å². The molecular weight excluding hydrogens is 302 g/mol. The fraction of sp³-hybridized carbons (Fsp3) is 0.579. The number of para-hydroxylation sites is 2. The van der Waals surface area contributed by atoms with Crippen LogP contribution in [-0.4, -0.2) is 35.7 Å². The highest BCUT2D eigenvalue weighted by Gasteiger charge is 2.10. The highest BCUT2D eigenvalue weighted by Crippen LogP contribution is 2.17. The van der Waals surface area contributed by atoms with Crippen LogP contribution >= 0.6 is 0 Å². The van der Waals surface area contributed by atoms with Crippen LogP contribution in [0.2, 0.25) is 0 Å². The molecule has 2 rings (SSSR count). The summed E-state index contributed by atoms with van der Waals surface area (Å²) in [6.45, 7) is 6.11. The lowest BCUT2D eigenvalue weighted by Gasteiger charge is -2.09. The van der Waals surface area contributed by atoms with Crippen molar-refractivity contribution in [3.8, 4) is 0 Å². The molecule has 0 fully saturated rings. The molecule has 1 amide bonds. The number of imidazole rings is 1. The quantitative estimate of drug-likeness (QED) is 0.680. The molecule has 1 N–H and O–H groups in total. The monoisotopic (exact) mass is 331 g/mol. The Hall–Kier alpha value is -1.88. The highest BCUT2D eigenvalue weighted by atomic mass is 16.5. The Labute approximate surface area is 144 Å². The van der Waals surface area contributed by atoms with Gasteiger partial charge in [0.25, 0.3) is 0 Å². The maximum atomic E-state index is 11.5. The van der Waals surface area contributed by atoms with Crippen LogP contribution in [0.1, 0.15) is 38.9 Å². The minimum atomic E-state index is 0.0608. The summed E-state index contributed by atoms with van der Waals surface area (Å²) in [5.41, 5.74) is 2.22. The van der Waals surface area contributed by atoms with Gasteiger partial charge in [-0.1, -0.05) is 32.4 Å². The summed E-state index contributed by atoms with van der Waals surface area (Å²) in [7, 11) is 1.73. The molecule has 0 aliphatic heterocycles. The van der Waals surface area contributed by atoms with Gasteiger partial charge in [0.05, 0.1) is 17.6 Å². The van der Waals surface area contributed by atoms with E-state index in [1.54, 1.807) is 7.11 Å². The Balaban J connectivity index is 1.84. The van der Waals surface area contributed by atoms with E-state index in [0.717, 1.165) is 50.1 Å². The molecule has 0 saturated carbocycles. The molecule has 5 heteroatoms. The zero-order chi connectivity index (χ0) is 17.4. The third-order valence-corrected chi connectivity index (χ3v) is 4.15. The van der Waals surface area contributed by atoms with Gasteiger partial charge in [-0.05, 0) is 25.0 Å². The number of methoxy groups -OCH3 is 1. The predicted octanol–water partition coefficient (Wildman–Crippen LogP) is 3.17. The van der Waals surface area contributed by atoms with E-state index >= 15 is 0 Å². The van der Waals surface area contributed by atoms with Gasteiger partial charge in [-0.25, -0.2) is 4.98 Å². The number of nitrogens with one attached hydrogen (secondary N) is 1. The number of ether oxygens (including phenoxy) is 1. The number of nitrogens with zero attached hydrogens (tertiary/aromatic N) is 2. The lowest BCUT2D eigenvalue weighted by Crippen LogP contribution is -2.28. The van der Waals surface area contributed by atoms with E-state index in [0.29, 0.717) is 6.61 Å². The van der Waals surface area contributed by atoms with Crippen LogP contribution in [-0.2, 0) is 22.5 Å². The molecule has 0 unspecified atom stereocenters. The molecule has 1 aromatic carbocycles. The summed E-state index contributed by atoms with van der Waals surface area (Å²) in [6, 6.07) is 8.25. The SMILES string of the molecule is COCCn1c(CCCCCNC(=O)C(C)C)nc2ccccc21. The molecule has 0 bridgehead atoms. The highest BCUT2D eigenvalue weighted by molar-refractivity contribution is 5.77. The largest absolute Gasteiger partial charge is 0.383 e. The minimum Gasteiger partial charge on any atom is -0.383 e. The van der Waals surface area contributed by atoms with Gasteiger partial charge in [0.1, 0.15) is 5.82 Å². The summed E-state index contributed by atoms with van der Waals surface area (Å²) in [5, 5.41) is 2.97. The van der Waals surface area contributed by atoms with Crippen molar-refractivity contribution < 1.29 is 9.53 Å². The molecule has 0 saturated heterocycles. The van der Waals surface area contributed by atoms with Gasteiger partial charge in [0, 0.05) is 32.5 Å². The third-order valence-electron chi connectivity index (χ3n) is 4.15. The zero-order valence-electron chi connectivity index (χ0n) is 15.0. The number of aromatic nitrogens is 2. The molecule has 1 aromatic heterocycles. The fourth-order valence-corrected chi connectivity index (χ4v) is 2.75.